The maximum Gasteiger partial charge on any atom is 0.0540 e. The smallest absolute Gasteiger partial charge is 0.0540 e. The minimum absolute atomic E-state index is 1.12. The van der Waals surface area contributed by atoms with Gasteiger partial charge in [0.2, 0.25) is 0 Å². The molecule has 0 unspecified atom stereocenters. The molecule has 0 radical (unpaired) electrons. The summed E-state index contributed by atoms with van der Waals surface area (Å²) in [5.74, 6) is 0. The van der Waals surface area contributed by atoms with Crippen LogP contribution in [0.3, 0.4) is 0 Å². The van der Waals surface area contributed by atoms with Crippen molar-refractivity contribution in [3.8, 4) is 0 Å². The zero-order chi connectivity index (χ0) is 29.6. The van der Waals surface area contributed by atoms with E-state index in [9.17, 15) is 0 Å². The number of fused-ring (bicyclic) bond motifs is 1. The van der Waals surface area contributed by atoms with E-state index in [0.717, 1.165) is 45.3 Å². The second-order valence-electron chi connectivity index (χ2n) is 10.7. The lowest BCUT2D eigenvalue weighted by Crippen LogP contribution is -2.10. The summed E-state index contributed by atoms with van der Waals surface area (Å²) in [6.45, 7) is 0. The van der Waals surface area contributed by atoms with Gasteiger partial charge >= 0.3 is 0 Å². The normalized spacial score (nSPS) is 11.1. The lowest BCUT2D eigenvalue weighted by molar-refractivity contribution is 1.28. The third-order valence-electron chi connectivity index (χ3n) is 7.82. The van der Waals surface area contributed by atoms with E-state index in [-0.39, 0.29) is 0 Å². The molecule has 0 aromatic heterocycles. The van der Waals surface area contributed by atoms with Crippen molar-refractivity contribution in [3.63, 3.8) is 0 Å². The van der Waals surface area contributed by atoms with E-state index in [1.54, 1.807) is 0 Å². The highest BCUT2D eigenvalue weighted by molar-refractivity contribution is 5.98. The van der Waals surface area contributed by atoms with Gasteiger partial charge in [0.15, 0.2) is 0 Å². The molecule has 7 rings (SSSR count). The fourth-order valence-electron chi connectivity index (χ4n) is 5.67. The zero-order valence-electron chi connectivity index (χ0n) is 24.4. The standard InChI is InChI=1S/C42H32N2/c1-4-15-36(16-5-1)43(37-17-6-2-7-18-37)39-29-25-33(26-30-39)23-24-34-27-31-40(32-28-34)44(38-19-8-3-9-20-38)42-22-12-14-35-13-10-11-21-41(35)42/h1-32H. The van der Waals surface area contributed by atoms with Crippen LogP contribution in [-0.2, 0) is 0 Å². The zero-order valence-corrected chi connectivity index (χ0v) is 24.4. The Morgan fingerprint density at radius 3 is 1.20 bits per heavy atom. The molecule has 0 amide bonds. The molecule has 44 heavy (non-hydrogen) atoms. The van der Waals surface area contributed by atoms with Crippen molar-refractivity contribution >= 4 is 57.0 Å². The van der Waals surface area contributed by atoms with E-state index in [1.165, 1.54) is 10.8 Å². The first-order chi connectivity index (χ1) is 21.8. The molecule has 7 aromatic rings. The van der Waals surface area contributed by atoms with Crippen LogP contribution in [0.15, 0.2) is 182 Å². The van der Waals surface area contributed by atoms with Crippen molar-refractivity contribution in [3.05, 3.63) is 193 Å². The maximum atomic E-state index is 2.33. The molecule has 0 bridgehead atoms. The van der Waals surface area contributed by atoms with Crippen LogP contribution in [0.4, 0.5) is 34.1 Å². The number of nitrogens with zero attached hydrogens (tertiary/aromatic N) is 2. The first-order valence-electron chi connectivity index (χ1n) is 14.9. The molecule has 7 aromatic carbocycles. The van der Waals surface area contributed by atoms with Gasteiger partial charge in [-0.1, -0.05) is 127 Å². The third-order valence-corrected chi connectivity index (χ3v) is 7.82. The molecule has 0 saturated carbocycles. The van der Waals surface area contributed by atoms with Crippen LogP contribution in [0.2, 0.25) is 0 Å². The van der Waals surface area contributed by atoms with Gasteiger partial charge in [0, 0.05) is 33.8 Å². The van der Waals surface area contributed by atoms with Crippen LogP contribution >= 0.6 is 0 Å². The quantitative estimate of drug-likeness (QED) is 0.169. The Balaban J connectivity index is 1.15. The van der Waals surface area contributed by atoms with Crippen molar-refractivity contribution in [1.29, 1.82) is 0 Å². The summed E-state index contributed by atoms with van der Waals surface area (Å²) in [6, 6.07) is 64.1. The summed E-state index contributed by atoms with van der Waals surface area (Å²) in [7, 11) is 0. The fraction of sp³-hybridized carbons (Fsp3) is 0. The van der Waals surface area contributed by atoms with Gasteiger partial charge in [0.25, 0.3) is 0 Å². The van der Waals surface area contributed by atoms with Crippen LogP contribution in [0.25, 0.3) is 22.9 Å². The molecule has 0 heterocycles. The summed E-state index contributed by atoms with van der Waals surface area (Å²) in [4.78, 5) is 4.61. The summed E-state index contributed by atoms with van der Waals surface area (Å²) in [5, 5.41) is 2.46. The van der Waals surface area contributed by atoms with Gasteiger partial charge in [0.1, 0.15) is 0 Å². The molecule has 210 valence electrons. The molecule has 0 saturated heterocycles. The van der Waals surface area contributed by atoms with Gasteiger partial charge in [0.05, 0.1) is 5.69 Å². The van der Waals surface area contributed by atoms with Crippen molar-refractivity contribution in [2.24, 2.45) is 0 Å². The third kappa shape index (κ3) is 5.74. The molecule has 0 aliphatic rings. The number of hydrogen-bond donors (Lipinski definition) is 0. The Hall–Kier alpha value is -5.86. The highest BCUT2D eigenvalue weighted by Gasteiger charge is 2.15. The van der Waals surface area contributed by atoms with E-state index in [1.807, 2.05) is 0 Å². The Morgan fingerprint density at radius 1 is 0.295 bits per heavy atom. The molecular weight excluding hydrogens is 532 g/mol. The van der Waals surface area contributed by atoms with Gasteiger partial charge in [-0.15, -0.1) is 0 Å². The number of para-hydroxylation sites is 3. The average Bonchev–Trinajstić information content (AvgIpc) is 3.10. The Bertz CT molecular complexity index is 1940. The average molecular weight is 565 g/mol. The van der Waals surface area contributed by atoms with Crippen molar-refractivity contribution < 1.29 is 0 Å². The number of rotatable bonds is 8. The lowest BCUT2D eigenvalue weighted by atomic mass is 10.1. The van der Waals surface area contributed by atoms with E-state index in [4.69, 9.17) is 0 Å². The number of benzene rings is 7. The molecule has 0 N–H and O–H groups in total. The minimum Gasteiger partial charge on any atom is -0.311 e. The summed E-state index contributed by atoms with van der Waals surface area (Å²) >= 11 is 0. The monoisotopic (exact) mass is 564 g/mol. The second kappa shape index (κ2) is 12.6. The van der Waals surface area contributed by atoms with E-state index < -0.39 is 0 Å². The highest BCUT2D eigenvalue weighted by atomic mass is 15.1. The fourth-order valence-corrected chi connectivity index (χ4v) is 5.67. The van der Waals surface area contributed by atoms with E-state index in [0.29, 0.717) is 0 Å². The highest BCUT2D eigenvalue weighted by Crippen LogP contribution is 2.39. The summed E-state index contributed by atoms with van der Waals surface area (Å²) < 4.78 is 0. The van der Waals surface area contributed by atoms with Crippen molar-refractivity contribution in [2.45, 2.75) is 0 Å². The summed E-state index contributed by atoms with van der Waals surface area (Å²) in [6.07, 6.45) is 4.35. The van der Waals surface area contributed by atoms with Crippen LogP contribution in [0.5, 0.6) is 0 Å². The van der Waals surface area contributed by atoms with E-state index >= 15 is 0 Å². The predicted molar refractivity (Wildman–Crippen MR) is 189 cm³/mol. The maximum absolute atomic E-state index is 2.33. The first kappa shape index (κ1) is 27.0. The van der Waals surface area contributed by atoms with Gasteiger partial charge < -0.3 is 9.80 Å². The molecule has 0 aliphatic heterocycles. The van der Waals surface area contributed by atoms with Gasteiger partial charge in [-0.25, -0.2) is 0 Å². The van der Waals surface area contributed by atoms with Gasteiger partial charge in [-0.05, 0) is 83.2 Å². The molecule has 0 aliphatic carbocycles. The molecular formula is C42H32N2. The molecule has 2 heteroatoms. The first-order valence-corrected chi connectivity index (χ1v) is 14.9. The minimum atomic E-state index is 1.12. The topological polar surface area (TPSA) is 6.48 Å². The number of hydrogen-bond acceptors (Lipinski definition) is 2. The molecule has 0 spiro atoms. The molecule has 2 nitrogen and oxygen atoms in total. The van der Waals surface area contributed by atoms with Crippen LogP contribution in [0.1, 0.15) is 11.1 Å². The van der Waals surface area contributed by atoms with Crippen LogP contribution < -0.4 is 9.80 Å². The molecule has 0 atom stereocenters. The van der Waals surface area contributed by atoms with Crippen molar-refractivity contribution in [2.75, 3.05) is 9.80 Å². The SMILES string of the molecule is C(=Cc1ccc(N(c2ccccc2)c2cccc3ccccc23)cc1)c1ccc(N(c2ccccc2)c2ccccc2)cc1. The second-order valence-corrected chi connectivity index (χ2v) is 10.7. The Labute approximate surface area is 259 Å². The Kier molecular flexibility index (Phi) is 7.71. The predicted octanol–water partition coefficient (Wildman–Crippen LogP) is 11.9. The van der Waals surface area contributed by atoms with E-state index in [2.05, 4.69) is 204 Å². The number of anilines is 6. The lowest BCUT2D eigenvalue weighted by Gasteiger charge is -2.27. The van der Waals surface area contributed by atoms with Crippen molar-refractivity contribution in [1.82, 2.24) is 0 Å². The largest absolute Gasteiger partial charge is 0.311 e. The Morgan fingerprint density at radius 2 is 0.682 bits per heavy atom. The van der Waals surface area contributed by atoms with Crippen LogP contribution in [0, 0.1) is 0 Å². The molecule has 0 fully saturated rings. The van der Waals surface area contributed by atoms with Crippen LogP contribution in [-0.4, -0.2) is 0 Å². The van der Waals surface area contributed by atoms with Gasteiger partial charge in [-0.2, -0.15) is 0 Å². The van der Waals surface area contributed by atoms with Gasteiger partial charge in [-0.3, -0.25) is 0 Å². The summed E-state index contributed by atoms with van der Waals surface area (Å²) in [5.41, 5.74) is 9.11.